The normalized spacial score (nSPS) is 17.8. The molecule has 0 bridgehead atoms. The van der Waals surface area contributed by atoms with Crippen LogP contribution in [0.1, 0.15) is 24.0 Å². The van der Waals surface area contributed by atoms with E-state index in [2.05, 4.69) is 22.4 Å². The molecule has 0 unspecified atom stereocenters. The number of carbonyl (C=O) groups is 2. The number of rotatable bonds is 5. The highest BCUT2D eigenvalue weighted by molar-refractivity contribution is 5.86. The van der Waals surface area contributed by atoms with Crippen LogP contribution in [0.4, 0.5) is 0 Å². The molecule has 0 saturated carbocycles. The molecule has 1 aromatic carbocycles. The lowest BCUT2D eigenvalue weighted by molar-refractivity contribution is -0.139. The number of carbonyl (C=O) groups excluding carboxylic acids is 2. The van der Waals surface area contributed by atoms with Gasteiger partial charge in [-0.15, -0.1) is 0 Å². The maximum Gasteiger partial charge on any atom is 0.223 e. The number of likely N-dealkylation sites (tertiary alicyclic amines) is 1. The molecule has 126 valence electrons. The van der Waals surface area contributed by atoms with Crippen LogP contribution < -0.4 is 5.32 Å². The van der Waals surface area contributed by atoms with Crippen LogP contribution in [0.2, 0.25) is 0 Å². The van der Waals surface area contributed by atoms with E-state index in [4.69, 9.17) is 0 Å². The van der Waals surface area contributed by atoms with Crippen LogP contribution in [0.3, 0.4) is 0 Å². The Kier molecular flexibility index (Phi) is 4.93. The Balaban J connectivity index is 1.49. The fourth-order valence-corrected chi connectivity index (χ4v) is 2.85. The summed E-state index contributed by atoms with van der Waals surface area (Å²) in [5.74, 6) is -0.182. The molecule has 1 aliphatic rings. The summed E-state index contributed by atoms with van der Waals surface area (Å²) in [7, 11) is 1.78. The molecule has 1 atom stereocenters. The summed E-state index contributed by atoms with van der Waals surface area (Å²) in [5, 5.41) is 2.94. The molecule has 2 amide bonds. The molecule has 6 heteroatoms. The molecule has 1 fully saturated rings. The molecule has 24 heavy (non-hydrogen) atoms. The molecular weight excluding hydrogens is 304 g/mol. The van der Waals surface area contributed by atoms with Crippen molar-refractivity contribution in [2.45, 2.75) is 25.9 Å². The van der Waals surface area contributed by atoms with Crippen molar-refractivity contribution >= 4 is 11.8 Å². The van der Waals surface area contributed by atoms with Gasteiger partial charge in [-0.25, -0.2) is 4.98 Å². The number of nitrogens with one attached hydrogen (secondary N) is 1. The third-order valence-electron chi connectivity index (χ3n) is 4.44. The maximum atomic E-state index is 12.2. The molecule has 0 radical (unpaired) electrons. The third kappa shape index (κ3) is 4.01. The zero-order chi connectivity index (χ0) is 16.9. The van der Waals surface area contributed by atoms with Crippen molar-refractivity contribution in [3.8, 4) is 0 Å². The Hall–Kier alpha value is -2.63. The van der Waals surface area contributed by atoms with E-state index in [9.17, 15) is 9.59 Å². The first-order valence-corrected chi connectivity index (χ1v) is 8.17. The van der Waals surface area contributed by atoms with E-state index >= 15 is 0 Å². The predicted octanol–water partition coefficient (Wildman–Crippen LogP) is 1.42. The highest BCUT2D eigenvalue weighted by atomic mass is 16.2. The zero-order valence-corrected chi connectivity index (χ0v) is 13.8. The number of benzene rings is 1. The summed E-state index contributed by atoms with van der Waals surface area (Å²) in [4.78, 5) is 29.6. The summed E-state index contributed by atoms with van der Waals surface area (Å²) in [6.07, 6.45) is 6.52. The molecule has 2 aromatic rings. The van der Waals surface area contributed by atoms with Crippen LogP contribution >= 0.6 is 0 Å². The Morgan fingerprint density at radius 1 is 1.29 bits per heavy atom. The first-order valence-electron chi connectivity index (χ1n) is 8.17. The number of aromatic nitrogens is 2. The summed E-state index contributed by atoms with van der Waals surface area (Å²) >= 11 is 0. The van der Waals surface area contributed by atoms with Gasteiger partial charge in [0.15, 0.2) is 0 Å². The van der Waals surface area contributed by atoms with Crippen molar-refractivity contribution in [3.05, 3.63) is 54.1 Å². The summed E-state index contributed by atoms with van der Waals surface area (Å²) in [6.45, 7) is 1.93. The van der Waals surface area contributed by atoms with Gasteiger partial charge in [0.25, 0.3) is 0 Å². The standard InChI is InChI=1S/C18H22N4O2/c1-21-8-6-16(10-17(21)23)18(24)20-11-14-2-4-15(5-3-14)12-22-9-7-19-13-22/h2-5,7,9,13,16H,6,8,10-12H2,1H3,(H,20,24)/t16-/m0/s1. The van der Waals surface area contributed by atoms with Gasteiger partial charge < -0.3 is 14.8 Å². The van der Waals surface area contributed by atoms with Crippen LogP contribution in [-0.4, -0.2) is 39.9 Å². The Labute approximate surface area is 141 Å². The Bertz CT molecular complexity index is 694. The van der Waals surface area contributed by atoms with E-state index in [1.807, 2.05) is 22.9 Å². The van der Waals surface area contributed by atoms with E-state index in [1.165, 1.54) is 5.56 Å². The first-order chi connectivity index (χ1) is 11.6. The first kappa shape index (κ1) is 16.2. The van der Waals surface area contributed by atoms with Gasteiger partial charge in [-0.2, -0.15) is 0 Å². The van der Waals surface area contributed by atoms with Gasteiger partial charge in [-0.3, -0.25) is 9.59 Å². The number of hydrogen-bond acceptors (Lipinski definition) is 3. The quantitative estimate of drug-likeness (QED) is 0.903. The lowest BCUT2D eigenvalue weighted by Crippen LogP contribution is -2.41. The lowest BCUT2D eigenvalue weighted by atomic mass is 9.95. The molecule has 1 aliphatic heterocycles. The minimum Gasteiger partial charge on any atom is -0.352 e. The molecular formula is C18H22N4O2. The number of piperidine rings is 1. The molecule has 1 N–H and O–H groups in total. The van der Waals surface area contributed by atoms with Crippen LogP contribution in [0.5, 0.6) is 0 Å². The van der Waals surface area contributed by atoms with Gasteiger partial charge in [-0.1, -0.05) is 24.3 Å². The number of nitrogens with zero attached hydrogens (tertiary/aromatic N) is 3. The van der Waals surface area contributed by atoms with Crippen LogP contribution in [0.25, 0.3) is 0 Å². The Morgan fingerprint density at radius 2 is 2.04 bits per heavy atom. The van der Waals surface area contributed by atoms with Crippen molar-refractivity contribution < 1.29 is 9.59 Å². The monoisotopic (exact) mass is 326 g/mol. The molecule has 3 rings (SSSR count). The van der Waals surface area contributed by atoms with Gasteiger partial charge in [0.2, 0.25) is 11.8 Å². The fourth-order valence-electron chi connectivity index (χ4n) is 2.85. The van der Waals surface area contributed by atoms with E-state index in [0.717, 1.165) is 18.5 Å². The van der Waals surface area contributed by atoms with Gasteiger partial charge in [0, 0.05) is 51.4 Å². The van der Waals surface area contributed by atoms with E-state index < -0.39 is 0 Å². The molecule has 0 aliphatic carbocycles. The highest BCUT2D eigenvalue weighted by Crippen LogP contribution is 2.17. The highest BCUT2D eigenvalue weighted by Gasteiger charge is 2.28. The predicted molar refractivity (Wildman–Crippen MR) is 90.0 cm³/mol. The van der Waals surface area contributed by atoms with Crippen LogP contribution in [-0.2, 0) is 22.7 Å². The number of imidazole rings is 1. The van der Waals surface area contributed by atoms with E-state index in [0.29, 0.717) is 19.5 Å². The van der Waals surface area contributed by atoms with Crippen molar-refractivity contribution in [3.63, 3.8) is 0 Å². The number of amides is 2. The van der Waals surface area contributed by atoms with E-state index in [-0.39, 0.29) is 17.7 Å². The molecule has 0 spiro atoms. The second-order valence-electron chi connectivity index (χ2n) is 6.27. The van der Waals surface area contributed by atoms with Gasteiger partial charge >= 0.3 is 0 Å². The summed E-state index contributed by atoms with van der Waals surface area (Å²) < 4.78 is 2.01. The molecule has 1 aromatic heterocycles. The minimum atomic E-state index is -0.200. The molecule has 6 nitrogen and oxygen atoms in total. The van der Waals surface area contributed by atoms with Crippen molar-refractivity contribution in [1.29, 1.82) is 0 Å². The summed E-state index contributed by atoms with van der Waals surface area (Å²) in [5.41, 5.74) is 2.24. The van der Waals surface area contributed by atoms with Crippen molar-refractivity contribution in [2.24, 2.45) is 5.92 Å². The second kappa shape index (κ2) is 7.29. The van der Waals surface area contributed by atoms with Gasteiger partial charge in [0.05, 0.1) is 6.33 Å². The largest absolute Gasteiger partial charge is 0.352 e. The van der Waals surface area contributed by atoms with Gasteiger partial charge in [-0.05, 0) is 17.5 Å². The smallest absolute Gasteiger partial charge is 0.223 e. The average Bonchev–Trinajstić information content (AvgIpc) is 3.09. The van der Waals surface area contributed by atoms with Crippen LogP contribution in [0, 0.1) is 5.92 Å². The van der Waals surface area contributed by atoms with Gasteiger partial charge in [0.1, 0.15) is 0 Å². The van der Waals surface area contributed by atoms with Crippen LogP contribution in [0.15, 0.2) is 43.0 Å². The minimum absolute atomic E-state index is 0.0288. The van der Waals surface area contributed by atoms with Crippen molar-refractivity contribution in [1.82, 2.24) is 19.8 Å². The SMILES string of the molecule is CN1CC[C@H](C(=O)NCc2ccc(Cn3ccnc3)cc2)CC1=O. The molecule has 1 saturated heterocycles. The second-order valence-corrected chi connectivity index (χ2v) is 6.27. The Morgan fingerprint density at radius 3 is 2.71 bits per heavy atom. The zero-order valence-electron chi connectivity index (χ0n) is 13.8. The molecule has 2 heterocycles. The topological polar surface area (TPSA) is 67.2 Å². The third-order valence-corrected chi connectivity index (χ3v) is 4.44. The van der Waals surface area contributed by atoms with E-state index in [1.54, 1.807) is 24.5 Å². The maximum absolute atomic E-state index is 12.2. The fraction of sp³-hybridized carbons (Fsp3) is 0.389. The lowest BCUT2D eigenvalue weighted by Gasteiger charge is -2.27. The average molecular weight is 326 g/mol. The number of hydrogen-bond donors (Lipinski definition) is 1. The van der Waals surface area contributed by atoms with Crippen molar-refractivity contribution in [2.75, 3.05) is 13.6 Å². The summed E-state index contributed by atoms with van der Waals surface area (Å²) in [6, 6.07) is 8.15.